The van der Waals surface area contributed by atoms with Gasteiger partial charge in [-0.25, -0.2) is 0 Å². The molecule has 5 nitrogen and oxygen atoms in total. The van der Waals surface area contributed by atoms with Crippen molar-refractivity contribution >= 4 is 0 Å². The third-order valence-corrected chi connectivity index (χ3v) is 1.75. The van der Waals surface area contributed by atoms with E-state index in [0.717, 1.165) is 0 Å². The fourth-order valence-corrected chi connectivity index (χ4v) is 0.853. The summed E-state index contributed by atoms with van der Waals surface area (Å²) >= 11 is 0. The molecule has 0 fully saturated rings. The monoisotopic (exact) mass is 179 g/mol. The quantitative estimate of drug-likeness (QED) is 0.394. The second-order valence-electron chi connectivity index (χ2n) is 2.80. The van der Waals surface area contributed by atoms with Gasteiger partial charge in [0.15, 0.2) is 0 Å². The SMILES string of the molecule is COC(CO)C(O)C(O)[C@H](C)N. The second-order valence-corrected chi connectivity index (χ2v) is 2.80. The van der Waals surface area contributed by atoms with E-state index in [0.29, 0.717) is 0 Å². The van der Waals surface area contributed by atoms with Gasteiger partial charge in [0.05, 0.1) is 12.7 Å². The Kier molecular flexibility index (Phi) is 5.36. The van der Waals surface area contributed by atoms with Crippen LogP contribution in [0.1, 0.15) is 6.92 Å². The molecule has 5 heteroatoms. The lowest BCUT2D eigenvalue weighted by atomic mass is 10.0. The minimum atomic E-state index is -1.15. The summed E-state index contributed by atoms with van der Waals surface area (Å²) < 4.78 is 4.72. The molecule has 0 heterocycles. The van der Waals surface area contributed by atoms with Gasteiger partial charge in [-0.05, 0) is 6.92 Å². The molecule has 3 unspecified atom stereocenters. The average molecular weight is 179 g/mol. The van der Waals surface area contributed by atoms with E-state index in [4.69, 9.17) is 15.6 Å². The molecule has 0 aromatic rings. The molecule has 0 radical (unpaired) electrons. The Labute approximate surface area is 71.8 Å². The lowest BCUT2D eigenvalue weighted by molar-refractivity contribution is -0.0969. The van der Waals surface area contributed by atoms with Gasteiger partial charge >= 0.3 is 0 Å². The summed E-state index contributed by atoms with van der Waals surface area (Å²) in [6.45, 7) is 1.22. The summed E-state index contributed by atoms with van der Waals surface area (Å²) in [7, 11) is 1.35. The highest BCUT2D eigenvalue weighted by Gasteiger charge is 2.27. The Bertz CT molecular complexity index is 114. The first-order chi connectivity index (χ1) is 5.54. The number of hydrogen-bond donors (Lipinski definition) is 4. The minimum Gasteiger partial charge on any atom is -0.394 e. The largest absolute Gasteiger partial charge is 0.394 e. The molecule has 0 aliphatic rings. The molecule has 0 spiro atoms. The first-order valence-corrected chi connectivity index (χ1v) is 3.80. The average Bonchev–Trinajstić information content (AvgIpc) is 2.05. The second kappa shape index (κ2) is 5.45. The zero-order chi connectivity index (χ0) is 9.72. The van der Waals surface area contributed by atoms with Crippen LogP contribution in [-0.2, 0) is 4.74 Å². The van der Waals surface area contributed by atoms with Gasteiger partial charge in [0.25, 0.3) is 0 Å². The van der Waals surface area contributed by atoms with Crippen molar-refractivity contribution < 1.29 is 20.1 Å². The smallest absolute Gasteiger partial charge is 0.110 e. The normalized spacial score (nSPS) is 21.5. The molecule has 0 bridgehead atoms. The van der Waals surface area contributed by atoms with Crippen LogP contribution in [0.2, 0.25) is 0 Å². The Balaban J connectivity index is 4.05. The van der Waals surface area contributed by atoms with Crippen LogP contribution < -0.4 is 5.73 Å². The topological polar surface area (TPSA) is 95.9 Å². The van der Waals surface area contributed by atoms with Crippen molar-refractivity contribution in [3.63, 3.8) is 0 Å². The van der Waals surface area contributed by atoms with E-state index in [2.05, 4.69) is 0 Å². The number of rotatable bonds is 5. The van der Waals surface area contributed by atoms with Gasteiger partial charge in [-0.1, -0.05) is 0 Å². The van der Waals surface area contributed by atoms with E-state index in [-0.39, 0.29) is 6.61 Å². The van der Waals surface area contributed by atoms with Crippen LogP contribution >= 0.6 is 0 Å². The first kappa shape index (κ1) is 11.8. The number of ether oxygens (including phenoxy) is 1. The van der Waals surface area contributed by atoms with Crippen molar-refractivity contribution in [2.75, 3.05) is 13.7 Å². The highest BCUT2D eigenvalue weighted by Crippen LogP contribution is 2.05. The van der Waals surface area contributed by atoms with Crippen LogP contribution in [0.15, 0.2) is 0 Å². The molecule has 0 aromatic carbocycles. The lowest BCUT2D eigenvalue weighted by Gasteiger charge is -2.26. The summed E-state index contributed by atoms with van der Waals surface area (Å²) in [6, 6.07) is -0.552. The Hall–Kier alpha value is -0.200. The highest BCUT2D eigenvalue weighted by atomic mass is 16.5. The van der Waals surface area contributed by atoms with Crippen LogP contribution in [0.25, 0.3) is 0 Å². The molecular formula is C7H17NO4. The Morgan fingerprint density at radius 2 is 1.83 bits per heavy atom. The summed E-state index contributed by atoms with van der Waals surface area (Å²) in [4.78, 5) is 0. The fraction of sp³-hybridized carbons (Fsp3) is 1.00. The van der Waals surface area contributed by atoms with Crippen molar-refractivity contribution in [3.8, 4) is 0 Å². The third-order valence-electron chi connectivity index (χ3n) is 1.75. The molecule has 0 aromatic heterocycles. The van der Waals surface area contributed by atoms with Gasteiger partial charge in [0.1, 0.15) is 12.2 Å². The zero-order valence-corrected chi connectivity index (χ0v) is 7.34. The number of hydrogen-bond acceptors (Lipinski definition) is 5. The van der Waals surface area contributed by atoms with Crippen LogP contribution in [-0.4, -0.2) is 53.4 Å². The summed E-state index contributed by atoms with van der Waals surface area (Å²) in [5.41, 5.74) is 5.34. The summed E-state index contributed by atoms with van der Waals surface area (Å²) in [5.74, 6) is 0. The molecule has 0 rings (SSSR count). The standard InChI is InChI=1S/C7H17NO4/c1-4(8)6(10)7(11)5(3-9)12-2/h4-7,9-11H,3,8H2,1-2H3/t4-,5?,6?,7?/m0/s1. The molecule has 0 saturated heterocycles. The molecule has 0 saturated carbocycles. The first-order valence-electron chi connectivity index (χ1n) is 3.80. The van der Waals surface area contributed by atoms with Gasteiger partial charge in [0.2, 0.25) is 0 Å². The predicted molar refractivity (Wildman–Crippen MR) is 43.5 cm³/mol. The maximum atomic E-state index is 9.33. The van der Waals surface area contributed by atoms with Gasteiger partial charge in [-0.2, -0.15) is 0 Å². The minimum absolute atomic E-state index is 0.346. The predicted octanol–water partition coefficient (Wildman–Crippen LogP) is -1.94. The lowest BCUT2D eigenvalue weighted by Crippen LogP contribution is -2.48. The van der Waals surface area contributed by atoms with E-state index in [1.165, 1.54) is 7.11 Å². The van der Waals surface area contributed by atoms with Crippen molar-refractivity contribution in [2.45, 2.75) is 31.3 Å². The number of aliphatic hydroxyl groups is 3. The summed E-state index contributed by atoms with van der Waals surface area (Å²) in [6.07, 6.45) is -3.02. The number of aliphatic hydroxyl groups excluding tert-OH is 3. The van der Waals surface area contributed by atoms with Gasteiger partial charge in [-0.15, -0.1) is 0 Å². The van der Waals surface area contributed by atoms with E-state index in [1.807, 2.05) is 0 Å². The Morgan fingerprint density at radius 3 is 2.08 bits per heavy atom. The van der Waals surface area contributed by atoms with Crippen LogP contribution in [0.4, 0.5) is 0 Å². The summed E-state index contributed by atoms with van der Waals surface area (Å²) in [5, 5.41) is 27.3. The maximum Gasteiger partial charge on any atom is 0.110 e. The molecule has 4 atom stereocenters. The number of nitrogens with two attached hydrogens (primary N) is 1. The van der Waals surface area contributed by atoms with E-state index in [1.54, 1.807) is 6.92 Å². The van der Waals surface area contributed by atoms with Crippen LogP contribution in [0.5, 0.6) is 0 Å². The van der Waals surface area contributed by atoms with E-state index >= 15 is 0 Å². The maximum absolute atomic E-state index is 9.33. The number of methoxy groups -OCH3 is 1. The molecule has 5 N–H and O–H groups in total. The van der Waals surface area contributed by atoms with Crippen molar-refractivity contribution in [1.29, 1.82) is 0 Å². The van der Waals surface area contributed by atoms with Crippen LogP contribution in [0, 0.1) is 0 Å². The Morgan fingerprint density at radius 1 is 1.33 bits per heavy atom. The molecule has 12 heavy (non-hydrogen) atoms. The van der Waals surface area contributed by atoms with Gasteiger partial charge < -0.3 is 25.8 Å². The molecule has 0 amide bonds. The van der Waals surface area contributed by atoms with Crippen molar-refractivity contribution in [3.05, 3.63) is 0 Å². The van der Waals surface area contributed by atoms with Gasteiger partial charge in [-0.3, -0.25) is 0 Å². The fourth-order valence-electron chi connectivity index (χ4n) is 0.853. The molecular weight excluding hydrogens is 162 g/mol. The van der Waals surface area contributed by atoms with Crippen molar-refractivity contribution in [1.82, 2.24) is 0 Å². The van der Waals surface area contributed by atoms with E-state index in [9.17, 15) is 10.2 Å². The highest BCUT2D eigenvalue weighted by molar-refractivity contribution is 4.81. The molecule has 0 aliphatic carbocycles. The molecule has 0 aliphatic heterocycles. The third kappa shape index (κ3) is 3.04. The molecule has 74 valence electrons. The zero-order valence-electron chi connectivity index (χ0n) is 7.34. The van der Waals surface area contributed by atoms with Crippen LogP contribution in [0.3, 0.4) is 0 Å². The van der Waals surface area contributed by atoms with Gasteiger partial charge in [0, 0.05) is 13.2 Å². The van der Waals surface area contributed by atoms with Crippen molar-refractivity contribution in [2.24, 2.45) is 5.73 Å². The van der Waals surface area contributed by atoms with E-state index < -0.39 is 24.4 Å².